The Hall–Kier alpha value is -0.300. The number of allylic oxidation sites excluding steroid dienone is 1. The molecule has 96 valence electrons. The van der Waals surface area contributed by atoms with E-state index < -0.39 is 0 Å². The maximum Gasteiger partial charge on any atom is 0.0109 e. The van der Waals surface area contributed by atoms with Crippen LogP contribution in [0.1, 0.15) is 66.2 Å². The van der Waals surface area contributed by atoms with Crippen molar-refractivity contribution in [3.8, 4) is 0 Å². The molecule has 16 heavy (non-hydrogen) atoms. The highest BCUT2D eigenvalue weighted by Gasteiger charge is 2.03. The Morgan fingerprint density at radius 1 is 1.06 bits per heavy atom. The lowest BCUT2D eigenvalue weighted by molar-refractivity contribution is 0.427. The summed E-state index contributed by atoms with van der Waals surface area (Å²) in [6.45, 7) is 9.89. The molecule has 0 aliphatic carbocycles. The van der Waals surface area contributed by atoms with Gasteiger partial charge in [0.1, 0.15) is 0 Å². The summed E-state index contributed by atoms with van der Waals surface area (Å²) >= 11 is 0. The van der Waals surface area contributed by atoms with E-state index in [1.54, 1.807) is 0 Å². The van der Waals surface area contributed by atoms with Gasteiger partial charge in [0, 0.05) is 6.54 Å². The first-order valence-electron chi connectivity index (χ1n) is 6.92. The SMILES string of the molecule is C/C(=C\CN)CCCC(C)CCCC(C)C. The van der Waals surface area contributed by atoms with Gasteiger partial charge in [0.15, 0.2) is 0 Å². The Morgan fingerprint density at radius 2 is 1.69 bits per heavy atom. The lowest BCUT2D eigenvalue weighted by atomic mass is 9.94. The summed E-state index contributed by atoms with van der Waals surface area (Å²) < 4.78 is 0. The summed E-state index contributed by atoms with van der Waals surface area (Å²) in [5.41, 5.74) is 6.93. The van der Waals surface area contributed by atoms with Gasteiger partial charge in [0.2, 0.25) is 0 Å². The highest BCUT2D eigenvalue weighted by molar-refractivity contribution is 4.98. The molecule has 0 saturated carbocycles. The second-order valence-electron chi connectivity index (χ2n) is 5.61. The fraction of sp³-hybridized carbons (Fsp3) is 0.867. The van der Waals surface area contributed by atoms with E-state index in [-0.39, 0.29) is 0 Å². The smallest absolute Gasteiger partial charge is 0.0109 e. The molecule has 2 N–H and O–H groups in total. The summed E-state index contributed by atoms with van der Waals surface area (Å²) in [5, 5.41) is 0. The Labute approximate surface area is 102 Å². The van der Waals surface area contributed by atoms with Crippen molar-refractivity contribution in [3.63, 3.8) is 0 Å². The number of hydrogen-bond acceptors (Lipinski definition) is 1. The molecule has 0 bridgehead atoms. The minimum atomic E-state index is 0.690. The maximum atomic E-state index is 5.48. The van der Waals surface area contributed by atoms with Crippen LogP contribution >= 0.6 is 0 Å². The van der Waals surface area contributed by atoms with E-state index in [1.807, 2.05) is 0 Å². The molecule has 1 unspecified atom stereocenters. The van der Waals surface area contributed by atoms with Gasteiger partial charge in [0.25, 0.3) is 0 Å². The van der Waals surface area contributed by atoms with Crippen LogP contribution in [0.25, 0.3) is 0 Å². The van der Waals surface area contributed by atoms with Crippen molar-refractivity contribution in [2.75, 3.05) is 6.54 Å². The van der Waals surface area contributed by atoms with Crippen LogP contribution in [0, 0.1) is 11.8 Å². The average Bonchev–Trinajstić information content (AvgIpc) is 2.17. The summed E-state index contributed by atoms with van der Waals surface area (Å²) in [6.07, 6.45) is 10.2. The predicted molar refractivity (Wildman–Crippen MR) is 74.5 cm³/mol. The van der Waals surface area contributed by atoms with Crippen LogP contribution in [0.3, 0.4) is 0 Å². The van der Waals surface area contributed by atoms with Crippen molar-refractivity contribution in [1.82, 2.24) is 0 Å². The van der Waals surface area contributed by atoms with Crippen LogP contribution in [0.2, 0.25) is 0 Å². The first-order chi connectivity index (χ1) is 7.56. The molecule has 0 spiro atoms. The van der Waals surface area contributed by atoms with Crippen LogP contribution in [0.4, 0.5) is 0 Å². The first kappa shape index (κ1) is 15.7. The normalized spacial score (nSPS) is 14.5. The van der Waals surface area contributed by atoms with Crippen molar-refractivity contribution in [2.24, 2.45) is 17.6 Å². The van der Waals surface area contributed by atoms with Crippen molar-refractivity contribution in [1.29, 1.82) is 0 Å². The van der Waals surface area contributed by atoms with Crippen LogP contribution in [0.5, 0.6) is 0 Å². The number of nitrogens with two attached hydrogens (primary N) is 1. The van der Waals surface area contributed by atoms with Gasteiger partial charge >= 0.3 is 0 Å². The first-order valence-corrected chi connectivity index (χ1v) is 6.92. The van der Waals surface area contributed by atoms with Crippen LogP contribution in [0.15, 0.2) is 11.6 Å². The Morgan fingerprint density at radius 3 is 2.25 bits per heavy atom. The molecular formula is C15H31N. The fourth-order valence-corrected chi connectivity index (χ4v) is 2.05. The zero-order valence-electron chi connectivity index (χ0n) is 11.8. The minimum absolute atomic E-state index is 0.690. The molecule has 0 heterocycles. The summed E-state index contributed by atoms with van der Waals surface area (Å²) in [6, 6.07) is 0. The summed E-state index contributed by atoms with van der Waals surface area (Å²) in [7, 11) is 0. The average molecular weight is 225 g/mol. The van der Waals surface area contributed by atoms with E-state index in [9.17, 15) is 0 Å². The van der Waals surface area contributed by atoms with Crippen molar-refractivity contribution < 1.29 is 0 Å². The topological polar surface area (TPSA) is 26.0 Å². The molecule has 1 heteroatoms. The van der Waals surface area contributed by atoms with Gasteiger partial charge in [-0.25, -0.2) is 0 Å². The van der Waals surface area contributed by atoms with Gasteiger partial charge in [0.05, 0.1) is 0 Å². The van der Waals surface area contributed by atoms with E-state index in [2.05, 4.69) is 33.8 Å². The maximum absolute atomic E-state index is 5.48. The monoisotopic (exact) mass is 225 g/mol. The highest BCUT2D eigenvalue weighted by atomic mass is 14.5. The number of rotatable bonds is 9. The van der Waals surface area contributed by atoms with Crippen molar-refractivity contribution in [2.45, 2.75) is 66.2 Å². The Bertz CT molecular complexity index is 182. The van der Waals surface area contributed by atoms with Gasteiger partial charge in [-0.3, -0.25) is 0 Å². The fourth-order valence-electron chi connectivity index (χ4n) is 2.05. The molecule has 0 aliphatic heterocycles. The van der Waals surface area contributed by atoms with E-state index in [1.165, 1.54) is 44.1 Å². The highest BCUT2D eigenvalue weighted by Crippen LogP contribution is 2.18. The molecule has 0 aromatic heterocycles. The molecule has 0 fully saturated rings. The van der Waals surface area contributed by atoms with E-state index >= 15 is 0 Å². The second kappa shape index (κ2) is 9.89. The standard InChI is InChI=1S/C15H31N/c1-13(2)7-5-8-14(3)9-6-10-15(4)11-12-16/h11,13-14H,5-10,12,16H2,1-4H3/b15-11+. The quantitative estimate of drug-likeness (QED) is 0.573. The zero-order chi connectivity index (χ0) is 12.4. The van der Waals surface area contributed by atoms with Gasteiger partial charge in [-0.1, -0.05) is 58.1 Å². The van der Waals surface area contributed by atoms with Crippen LogP contribution in [-0.4, -0.2) is 6.54 Å². The van der Waals surface area contributed by atoms with Gasteiger partial charge in [-0.05, 0) is 31.6 Å². The molecule has 0 rings (SSSR count). The molecule has 0 amide bonds. The molecule has 0 aromatic carbocycles. The molecule has 0 radical (unpaired) electrons. The van der Waals surface area contributed by atoms with Crippen LogP contribution < -0.4 is 5.73 Å². The third kappa shape index (κ3) is 10.2. The van der Waals surface area contributed by atoms with Gasteiger partial charge in [-0.15, -0.1) is 0 Å². The van der Waals surface area contributed by atoms with Crippen LogP contribution in [-0.2, 0) is 0 Å². The van der Waals surface area contributed by atoms with Gasteiger partial charge in [-0.2, -0.15) is 0 Å². The Kier molecular flexibility index (Phi) is 9.71. The number of hydrogen-bond donors (Lipinski definition) is 1. The van der Waals surface area contributed by atoms with E-state index in [0.29, 0.717) is 6.54 Å². The summed E-state index contributed by atoms with van der Waals surface area (Å²) in [4.78, 5) is 0. The van der Waals surface area contributed by atoms with Gasteiger partial charge < -0.3 is 5.73 Å². The molecule has 0 aromatic rings. The molecule has 0 aliphatic rings. The Balaban J connectivity index is 3.43. The van der Waals surface area contributed by atoms with E-state index in [0.717, 1.165) is 11.8 Å². The molecule has 1 nitrogen and oxygen atoms in total. The van der Waals surface area contributed by atoms with Crippen molar-refractivity contribution >= 4 is 0 Å². The van der Waals surface area contributed by atoms with Crippen molar-refractivity contribution in [3.05, 3.63) is 11.6 Å². The predicted octanol–water partition coefficient (Wildman–Crippen LogP) is 4.52. The molecule has 1 atom stereocenters. The minimum Gasteiger partial charge on any atom is -0.327 e. The zero-order valence-corrected chi connectivity index (χ0v) is 11.8. The largest absolute Gasteiger partial charge is 0.327 e. The summed E-state index contributed by atoms with van der Waals surface area (Å²) in [5.74, 6) is 1.76. The van der Waals surface area contributed by atoms with E-state index in [4.69, 9.17) is 5.73 Å². The third-order valence-electron chi connectivity index (χ3n) is 3.21. The lowest BCUT2D eigenvalue weighted by Gasteiger charge is -2.12. The third-order valence-corrected chi connectivity index (χ3v) is 3.21. The second-order valence-corrected chi connectivity index (χ2v) is 5.61. The molecule has 0 saturated heterocycles. The lowest BCUT2D eigenvalue weighted by Crippen LogP contribution is -1.98. The molecular weight excluding hydrogens is 194 g/mol.